The second-order valence-corrected chi connectivity index (χ2v) is 12.9. The second kappa shape index (κ2) is 23.1. The molecule has 0 saturated heterocycles. The van der Waals surface area contributed by atoms with Gasteiger partial charge in [0.15, 0.2) is 0 Å². The molecule has 1 N–H and O–H groups in total. The van der Waals surface area contributed by atoms with Crippen LogP contribution in [0.4, 0.5) is 0 Å². The summed E-state index contributed by atoms with van der Waals surface area (Å²) in [5.74, 6) is 1.19. The van der Waals surface area contributed by atoms with Crippen molar-refractivity contribution in [2.24, 2.45) is 0 Å². The molecule has 1 atom stereocenters. The summed E-state index contributed by atoms with van der Waals surface area (Å²) in [4.78, 5) is 12.5. The first-order valence-corrected chi connectivity index (χ1v) is 18.4. The van der Waals surface area contributed by atoms with Crippen molar-refractivity contribution < 1.29 is 28.8 Å². The van der Waals surface area contributed by atoms with Crippen LogP contribution in [-0.4, -0.2) is 44.6 Å². The third-order valence-corrected chi connectivity index (χ3v) is 9.09. The van der Waals surface area contributed by atoms with Gasteiger partial charge >= 0.3 is 5.97 Å². The molecule has 0 fully saturated rings. The van der Waals surface area contributed by atoms with Crippen molar-refractivity contribution in [1.82, 2.24) is 0 Å². The highest BCUT2D eigenvalue weighted by Gasteiger charge is 2.38. The SMILES string of the molecule is CCCCCCCCCCCCCCCCCC(=O)OC[C@@H](O)COC(c1ccccc1)(c1ccc(OC)cc1)c1ccc(OC)cc1. The van der Waals surface area contributed by atoms with Gasteiger partial charge in [0.05, 0.1) is 20.8 Å². The number of methoxy groups -OCH3 is 2. The number of aliphatic hydroxyl groups excluding tert-OH is 1. The van der Waals surface area contributed by atoms with Crippen molar-refractivity contribution in [2.45, 2.75) is 121 Å². The Labute approximate surface area is 290 Å². The molecular weight excluding hydrogens is 600 g/mol. The second-order valence-electron chi connectivity index (χ2n) is 12.9. The fourth-order valence-corrected chi connectivity index (χ4v) is 6.25. The third kappa shape index (κ3) is 13.3. The lowest BCUT2D eigenvalue weighted by molar-refractivity contribution is -0.149. The number of hydrogen-bond acceptors (Lipinski definition) is 6. The molecule has 48 heavy (non-hydrogen) atoms. The van der Waals surface area contributed by atoms with Crippen molar-refractivity contribution in [1.29, 1.82) is 0 Å². The number of hydrogen-bond donors (Lipinski definition) is 1. The van der Waals surface area contributed by atoms with Crippen LogP contribution in [0, 0.1) is 0 Å². The Hall–Kier alpha value is -3.35. The van der Waals surface area contributed by atoms with Gasteiger partial charge in [-0.15, -0.1) is 0 Å². The minimum Gasteiger partial charge on any atom is -0.497 e. The van der Waals surface area contributed by atoms with Crippen LogP contribution in [0.5, 0.6) is 11.5 Å². The molecule has 0 aliphatic heterocycles. The predicted octanol–water partition coefficient (Wildman–Crippen LogP) is 10.2. The minimum absolute atomic E-state index is 0.0425. The average molecular weight is 661 g/mol. The lowest BCUT2D eigenvalue weighted by Crippen LogP contribution is -2.37. The molecule has 0 spiro atoms. The molecule has 0 bridgehead atoms. The minimum atomic E-state index is -1.04. The van der Waals surface area contributed by atoms with Crippen molar-refractivity contribution in [3.8, 4) is 11.5 Å². The van der Waals surface area contributed by atoms with E-state index in [2.05, 4.69) is 6.92 Å². The third-order valence-electron chi connectivity index (χ3n) is 9.09. The summed E-state index contributed by atoms with van der Waals surface area (Å²) >= 11 is 0. The van der Waals surface area contributed by atoms with E-state index in [1.54, 1.807) is 14.2 Å². The maximum atomic E-state index is 12.5. The summed E-state index contributed by atoms with van der Waals surface area (Å²) in [6, 6.07) is 25.4. The van der Waals surface area contributed by atoms with Crippen molar-refractivity contribution in [3.05, 3.63) is 95.6 Å². The molecule has 0 unspecified atom stereocenters. The molecular formula is C42H60O6. The number of unbranched alkanes of at least 4 members (excludes halogenated alkanes) is 14. The number of ether oxygens (including phenoxy) is 4. The zero-order valence-corrected chi connectivity index (χ0v) is 29.8. The van der Waals surface area contributed by atoms with Gasteiger partial charge in [-0.2, -0.15) is 0 Å². The Morgan fingerprint density at radius 3 is 1.44 bits per heavy atom. The van der Waals surface area contributed by atoms with E-state index in [-0.39, 0.29) is 19.2 Å². The predicted molar refractivity (Wildman–Crippen MR) is 195 cm³/mol. The molecule has 0 amide bonds. The molecule has 0 aromatic heterocycles. The normalized spacial score (nSPS) is 12.1. The maximum Gasteiger partial charge on any atom is 0.305 e. The molecule has 3 aromatic rings. The summed E-state index contributed by atoms with van der Waals surface area (Å²) in [7, 11) is 3.27. The Kier molecular flexibility index (Phi) is 18.8. The number of carbonyl (C=O) groups excluding carboxylic acids is 1. The maximum absolute atomic E-state index is 12.5. The van der Waals surface area contributed by atoms with Crippen molar-refractivity contribution in [3.63, 3.8) is 0 Å². The Bertz CT molecular complexity index is 1190. The summed E-state index contributed by atoms with van der Waals surface area (Å²) in [6.07, 6.45) is 18.6. The van der Waals surface area contributed by atoms with E-state index in [9.17, 15) is 9.90 Å². The number of carbonyl (C=O) groups is 1. The fourth-order valence-electron chi connectivity index (χ4n) is 6.25. The highest BCUT2D eigenvalue weighted by atomic mass is 16.6. The number of aliphatic hydroxyl groups is 1. The monoisotopic (exact) mass is 660 g/mol. The molecule has 6 nitrogen and oxygen atoms in total. The molecule has 264 valence electrons. The molecule has 0 aliphatic carbocycles. The van der Waals surface area contributed by atoms with Gasteiger partial charge < -0.3 is 24.1 Å². The van der Waals surface area contributed by atoms with Crippen LogP contribution in [-0.2, 0) is 19.9 Å². The summed E-state index contributed by atoms with van der Waals surface area (Å²) in [5.41, 5.74) is 1.60. The lowest BCUT2D eigenvalue weighted by atomic mass is 9.80. The van der Waals surface area contributed by atoms with Gasteiger partial charge in [0, 0.05) is 6.42 Å². The Morgan fingerprint density at radius 1 is 0.583 bits per heavy atom. The Balaban J connectivity index is 1.44. The molecule has 3 rings (SSSR count). The number of benzene rings is 3. The summed E-state index contributed by atoms with van der Waals surface area (Å²) < 4.78 is 23.0. The van der Waals surface area contributed by atoms with E-state index < -0.39 is 11.7 Å². The van der Waals surface area contributed by atoms with Gasteiger partial charge in [0.2, 0.25) is 0 Å². The van der Waals surface area contributed by atoms with Gasteiger partial charge in [-0.3, -0.25) is 4.79 Å². The smallest absolute Gasteiger partial charge is 0.305 e. The Morgan fingerprint density at radius 2 is 1.00 bits per heavy atom. The van der Waals surface area contributed by atoms with E-state index >= 15 is 0 Å². The van der Waals surface area contributed by atoms with Crippen LogP contribution >= 0.6 is 0 Å². The standard InChI is InChI=1S/C42H60O6/c1-4-5-6-7-8-9-10-11-12-13-14-15-16-17-21-24-41(44)47-33-38(43)34-48-42(35-22-19-18-20-23-35,36-25-29-39(45-2)30-26-36)37-27-31-40(46-3)32-28-37/h18-20,22-23,25-32,38,43H,4-17,21,24,33-34H2,1-3H3/t38-/m1/s1. The first-order valence-electron chi connectivity index (χ1n) is 18.4. The van der Waals surface area contributed by atoms with Gasteiger partial charge in [-0.1, -0.05) is 151 Å². The van der Waals surface area contributed by atoms with Gasteiger partial charge in [0.25, 0.3) is 0 Å². The van der Waals surface area contributed by atoms with E-state index in [0.29, 0.717) is 6.42 Å². The van der Waals surface area contributed by atoms with E-state index in [4.69, 9.17) is 18.9 Å². The zero-order chi connectivity index (χ0) is 34.3. The van der Waals surface area contributed by atoms with Crippen LogP contribution in [0.25, 0.3) is 0 Å². The van der Waals surface area contributed by atoms with E-state index in [1.165, 1.54) is 77.0 Å². The molecule has 0 radical (unpaired) electrons. The summed E-state index contributed by atoms with van der Waals surface area (Å²) in [6.45, 7) is 2.11. The van der Waals surface area contributed by atoms with Crippen LogP contribution in [0.3, 0.4) is 0 Å². The quantitative estimate of drug-likeness (QED) is 0.0525. The van der Waals surface area contributed by atoms with Crippen LogP contribution < -0.4 is 9.47 Å². The first-order chi connectivity index (χ1) is 23.5. The molecule has 0 aliphatic rings. The highest BCUT2D eigenvalue weighted by molar-refractivity contribution is 5.69. The van der Waals surface area contributed by atoms with Gasteiger partial charge in [-0.25, -0.2) is 0 Å². The molecule has 6 heteroatoms. The van der Waals surface area contributed by atoms with Crippen LogP contribution in [0.1, 0.15) is 126 Å². The van der Waals surface area contributed by atoms with E-state index in [1.807, 2.05) is 78.9 Å². The average Bonchev–Trinajstić information content (AvgIpc) is 3.13. The van der Waals surface area contributed by atoms with Gasteiger partial charge in [0.1, 0.15) is 29.8 Å². The number of rotatable bonds is 26. The zero-order valence-electron chi connectivity index (χ0n) is 29.8. The van der Waals surface area contributed by atoms with Crippen molar-refractivity contribution >= 4 is 5.97 Å². The lowest BCUT2D eigenvalue weighted by Gasteiger charge is -2.36. The summed E-state index contributed by atoms with van der Waals surface area (Å²) in [5, 5.41) is 10.9. The molecule has 3 aromatic carbocycles. The highest BCUT2D eigenvalue weighted by Crippen LogP contribution is 2.41. The largest absolute Gasteiger partial charge is 0.497 e. The first kappa shape index (κ1) is 39.1. The fraction of sp³-hybridized carbons (Fsp3) is 0.548. The van der Waals surface area contributed by atoms with Gasteiger partial charge in [-0.05, 0) is 47.4 Å². The number of esters is 1. The van der Waals surface area contributed by atoms with Crippen LogP contribution in [0.2, 0.25) is 0 Å². The van der Waals surface area contributed by atoms with E-state index in [0.717, 1.165) is 47.5 Å². The molecule has 0 saturated carbocycles. The molecule has 0 heterocycles. The topological polar surface area (TPSA) is 74.2 Å². The van der Waals surface area contributed by atoms with Crippen LogP contribution in [0.15, 0.2) is 78.9 Å². The van der Waals surface area contributed by atoms with Crippen molar-refractivity contribution in [2.75, 3.05) is 27.4 Å².